The highest BCUT2D eigenvalue weighted by molar-refractivity contribution is 5.80. The lowest BCUT2D eigenvalue weighted by Gasteiger charge is -2.27. The number of aliphatic hydroxyl groups excluding tert-OH is 6. The minimum atomic E-state index is -1.92. The second-order valence-electron chi connectivity index (χ2n) is 3.28. The maximum Gasteiger partial charge on any atom is 0.160 e. The van der Waals surface area contributed by atoms with Gasteiger partial charge in [0.2, 0.25) is 0 Å². The summed E-state index contributed by atoms with van der Waals surface area (Å²) in [6.07, 6.45) is -9.20. The molecule has 7 heteroatoms. The highest BCUT2D eigenvalue weighted by Gasteiger charge is 2.35. The Kier molecular flexibility index (Phi) is 5.88. The van der Waals surface area contributed by atoms with Crippen molar-refractivity contribution in [1.29, 1.82) is 0 Å². The Labute approximate surface area is 86.2 Å². The molecule has 0 heterocycles. The molecule has 5 atom stereocenters. The molecule has 0 aliphatic heterocycles. The Hall–Kier alpha value is -0.570. The van der Waals surface area contributed by atoms with Gasteiger partial charge in [-0.2, -0.15) is 0 Å². The highest BCUT2D eigenvalue weighted by Crippen LogP contribution is 2.08. The van der Waals surface area contributed by atoms with Crippen molar-refractivity contribution in [2.75, 3.05) is 6.61 Å². The number of ketones is 1. The molecule has 0 aromatic carbocycles. The first kappa shape index (κ1) is 14.4. The largest absolute Gasteiger partial charge is 0.394 e. The van der Waals surface area contributed by atoms with E-state index in [4.69, 9.17) is 20.4 Å². The topological polar surface area (TPSA) is 138 Å². The second kappa shape index (κ2) is 6.11. The number of carbonyl (C=O) groups excluding carboxylic acids is 1. The summed E-state index contributed by atoms with van der Waals surface area (Å²) in [6, 6.07) is 0. The Morgan fingerprint density at radius 3 is 1.80 bits per heavy atom. The van der Waals surface area contributed by atoms with Crippen molar-refractivity contribution in [1.82, 2.24) is 0 Å². The quantitative estimate of drug-likeness (QED) is 0.274. The highest BCUT2D eigenvalue weighted by atomic mass is 16.4. The van der Waals surface area contributed by atoms with Crippen LogP contribution in [0, 0.1) is 0 Å². The van der Waals surface area contributed by atoms with E-state index in [2.05, 4.69) is 0 Å². The predicted octanol–water partition coefficient (Wildman–Crippen LogP) is -3.63. The molecule has 0 fully saturated rings. The van der Waals surface area contributed by atoms with Gasteiger partial charge in [0, 0.05) is 0 Å². The molecule has 0 radical (unpaired) electrons. The van der Waals surface area contributed by atoms with Crippen LogP contribution in [-0.2, 0) is 4.79 Å². The van der Waals surface area contributed by atoms with Gasteiger partial charge < -0.3 is 30.6 Å². The standard InChI is InChI=1S/C8H16O7/c1-3(10)5(12)7(14)8(15)6(13)4(11)2-9/h4-9,11-15H,2H2,1H3/t4-,5?,6-,7-,8-/m0/s1. The molecule has 0 aromatic rings. The summed E-state index contributed by atoms with van der Waals surface area (Å²) in [6.45, 7) is 0.177. The summed E-state index contributed by atoms with van der Waals surface area (Å²) in [5, 5.41) is 54.0. The molecule has 0 saturated heterocycles. The molecule has 90 valence electrons. The zero-order valence-electron chi connectivity index (χ0n) is 8.19. The first-order valence-corrected chi connectivity index (χ1v) is 4.34. The van der Waals surface area contributed by atoms with E-state index in [9.17, 15) is 15.0 Å². The third-order valence-corrected chi connectivity index (χ3v) is 2.02. The third-order valence-electron chi connectivity index (χ3n) is 2.02. The van der Waals surface area contributed by atoms with Crippen LogP contribution < -0.4 is 0 Å². The predicted molar refractivity (Wildman–Crippen MR) is 47.8 cm³/mol. The van der Waals surface area contributed by atoms with Crippen molar-refractivity contribution >= 4 is 5.78 Å². The third kappa shape index (κ3) is 3.82. The average Bonchev–Trinajstić information content (AvgIpc) is 2.23. The lowest BCUT2D eigenvalue weighted by molar-refractivity contribution is -0.154. The molecule has 0 bridgehead atoms. The maximum absolute atomic E-state index is 10.6. The fourth-order valence-corrected chi connectivity index (χ4v) is 0.965. The summed E-state index contributed by atoms with van der Waals surface area (Å²) in [4.78, 5) is 10.6. The number of hydrogen-bond acceptors (Lipinski definition) is 7. The minimum Gasteiger partial charge on any atom is -0.394 e. The Morgan fingerprint density at radius 1 is 1.00 bits per heavy atom. The zero-order valence-corrected chi connectivity index (χ0v) is 8.19. The molecule has 7 nitrogen and oxygen atoms in total. The van der Waals surface area contributed by atoms with Crippen LogP contribution in [0.25, 0.3) is 0 Å². The molecule has 0 aliphatic rings. The van der Waals surface area contributed by atoms with Gasteiger partial charge in [0.05, 0.1) is 6.61 Å². The second-order valence-corrected chi connectivity index (χ2v) is 3.28. The smallest absolute Gasteiger partial charge is 0.160 e. The molecule has 15 heavy (non-hydrogen) atoms. The Morgan fingerprint density at radius 2 is 1.47 bits per heavy atom. The van der Waals surface area contributed by atoms with E-state index in [-0.39, 0.29) is 0 Å². The first-order valence-electron chi connectivity index (χ1n) is 4.34. The molecule has 6 N–H and O–H groups in total. The molecule has 0 saturated carbocycles. The normalized spacial score (nSPS) is 21.5. The van der Waals surface area contributed by atoms with E-state index in [1.54, 1.807) is 0 Å². The van der Waals surface area contributed by atoms with Crippen LogP contribution >= 0.6 is 0 Å². The molecule has 0 amide bonds. The number of rotatable bonds is 6. The number of carbonyl (C=O) groups is 1. The van der Waals surface area contributed by atoms with Crippen LogP contribution in [0.4, 0.5) is 0 Å². The number of hydrogen-bond donors (Lipinski definition) is 6. The van der Waals surface area contributed by atoms with Gasteiger partial charge in [-0.1, -0.05) is 0 Å². The van der Waals surface area contributed by atoms with Crippen molar-refractivity contribution in [3.63, 3.8) is 0 Å². The van der Waals surface area contributed by atoms with Crippen LogP contribution in [0.1, 0.15) is 6.92 Å². The van der Waals surface area contributed by atoms with E-state index in [0.717, 1.165) is 6.92 Å². The summed E-state index contributed by atoms with van der Waals surface area (Å²) < 4.78 is 0. The molecular formula is C8H16O7. The van der Waals surface area contributed by atoms with Crippen molar-refractivity contribution in [2.24, 2.45) is 0 Å². The van der Waals surface area contributed by atoms with Gasteiger partial charge in [0.15, 0.2) is 5.78 Å². The van der Waals surface area contributed by atoms with Crippen molar-refractivity contribution in [2.45, 2.75) is 37.4 Å². The Bertz CT molecular complexity index is 207. The molecular weight excluding hydrogens is 208 g/mol. The SMILES string of the molecule is CC(=O)C(O)[C@H](O)[C@@H](O)[C@@H](O)[C@@H](O)CO. The summed E-state index contributed by atoms with van der Waals surface area (Å²) in [5.74, 6) is -0.785. The lowest BCUT2D eigenvalue weighted by Crippen LogP contribution is -2.51. The molecule has 0 aromatic heterocycles. The van der Waals surface area contributed by atoms with Crippen molar-refractivity contribution in [3.05, 3.63) is 0 Å². The van der Waals surface area contributed by atoms with Crippen LogP contribution in [0.5, 0.6) is 0 Å². The van der Waals surface area contributed by atoms with Crippen LogP contribution in [0.3, 0.4) is 0 Å². The fraction of sp³-hybridized carbons (Fsp3) is 0.875. The van der Waals surface area contributed by atoms with E-state index in [1.165, 1.54) is 0 Å². The lowest BCUT2D eigenvalue weighted by atomic mass is 9.98. The fourth-order valence-electron chi connectivity index (χ4n) is 0.965. The van der Waals surface area contributed by atoms with Crippen LogP contribution in [0.15, 0.2) is 0 Å². The number of aliphatic hydroxyl groups is 6. The van der Waals surface area contributed by atoms with Gasteiger partial charge in [-0.15, -0.1) is 0 Å². The van der Waals surface area contributed by atoms with E-state index in [1.807, 2.05) is 0 Å². The van der Waals surface area contributed by atoms with Gasteiger partial charge in [-0.05, 0) is 6.92 Å². The molecule has 1 unspecified atom stereocenters. The molecule has 0 aliphatic carbocycles. The first-order chi connectivity index (χ1) is 6.82. The summed E-state index contributed by atoms with van der Waals surface area (Å²) >= 11 is 0. The van der Waals surface area contributed by atoms with Gasteiger partial charge in [0.1, 0.15) is 30.5 Å². The summed E-state index contributed by atoms with van der Waals surface area (Å²) in [7, 11) is 0. The maximum atomic E-state index is 10.6. The van der Waals surface area contributed by atoms with Gasteiger partial charge in [-0.25, -0.2) is 0 Å². The average molecular weight is 224 g/mol. The molecule has 0 rings (SSSR count). The van der Waals surface area contributed by atoms with Gasteiger partial charge >= 0.3 is 0 Å². The van der Waals surface area contributed by atoms with Crippen molar-refractivity contribution in [3.8, 4) is 0 Å². The zero-order chi connectivity index (χ0) is 12.2. The monoisotopic (exact) mass is 224 g/mol. The van der Waals surface area contributed by atoms with Crippen molar-refractivity contribution < 1.29 is 35.4 Å². The van der Waals surface area contributed by atoms with E-state index in [0.29, 0.717) is 0 Å². The molecule has 0 spiro atoms. The van der Waals surface area contributed by atoms with E-state index < -0.39 is 42.9 Å². The van der Waals surface area contributed by atoms with Gasteiger partial charge in [0.25, 0.3) is 0 Å². The Balaban J connectivity index is 4.42. The van der Waals surface area contributed by atoms with Crippen LogP contribution in [-0.4, -0.2) is 73.5 Å². The van der Waals surface area contributed by atoms with Gasteiger partial charge in [-0.3, -0.25) is 4.79 Å². The van der Waals surface area contributed by atoms with Crippen LogP contribution in [0.2, 0.25) is 0 Å². The number of Topliss-reactive ketones (excluding diaryl/α,β-unsaturated/α-hetero) is 1. The summed E-state index contributed by atoms with van der Waals surface area (Å²) in [5.41, 5.74) is 0. The van der Waals surface area contributed by atoms with E-state index >= 15 is 0 Å². The minimum absolute atomic E-state index is 0.785.